The topological polar surface area (TPSA) is 64.1 Å². The van der Waals surface area contributed by atoms with E-state index >= 15 is 0 Å². The summed E-state index contributed by atoms with van der Waals surface area (Å²) in [4.78, 5) is 19.3. The Hall–Kier alpha value is -0.910. The van der Waals surface area contributed by atoms with Gasteiger partial charge in [-0.1, -0.05) is 23.2 Å². The van der Waals surface area contributed by atoms with Crippen molar-refractivity contribution in [1.29, 1.82) is 0 Å². The van der Waals surface area contributed by atoms with Crippen LogP contribution in [0.3, 0.4) is 0 Å². The van der Waals surface area contributed by atoms with E-state index in [2.05, 4.69) is 15.3 Å². The van der Waals surface area contributed by atoms with E-state index in [0.717, 1.165) is 19.3 Å². The Morgan fingerprint density at radius 2 is 2.11 bits per heavy atom. The molecule has 1 atom stereocenters. The van der Waals surface area contributed by atoms with Crippen molar-refractivity contribution in [1.82, 2.24) is 9.97 Å². The lowest BCUT2D eigenvalue weighted by molar-refractivity contribution is -0.119. The molecular formula is C11H13Cl2N3O2. The maximum absolute atomic E-state index is 11.8. The molecule has 1 aliphatic heterocycles. The highest BCUT2D eigenvalue weighted by atomic mass is 35.5. The number of halogens is 2. The summed E-state index contributed by atoms with van der Waals surface area (Å²) in [5, 5.41) is 2.88. The van der Waals surface area contributed by atoms with Crippen LogP contribution in [-0.2, 0) is 9.53 Å². The molecule has 0 bridgehead atoms. The van der Waals surface area contributed by atoms with Crippen LogP contribution in [0.15, 0.2) is 6.33 Å². The smallest absolute Gasteiger partial charge is 0.227 e. The summed E-state index contributed by atoms with van der Waals surface area (Å²) in [7, 11) is 0. The van der Waals surface area contributed by atoms with Gasteiger partial charge in [0.05, 0.1) is 12.5 Å². The lowest BCUT2D eigenvalue weighted by atomic mass is 10.1. The molecule has 0 saturated carbocycles. The van der Waals surface area contributed by atoms with Crippen molar-refractivity contribution in [3.63, 3.8) is 0 Å². The quantitative estimate of drug-likeness (QED) is 0.869. The average molecular weight is 290 g/mol. The van der Waals surface area contributed by atoms with Crippen LogP contribution in [-0.4, -0.2) is 28.6 Å². The largest absolute Gasteiger partial charge is 0.378 e. The molecule has 2 heterocycles. The molecule has 1 amide bonds. The second-order valence-electron chi connectivity index (χ2n) is 4.07. The van der Waals surface area contributed by atoms with Crippen molar-refractivity contribution in [3.05, 3.63) is 16.6 Å². The number of carbonyl (C=O) groups is 1. The molecule has 1 aromatic rings. The third-order valence-electron chi connectivity index (χ3n) is 2.71. The lowest BCUT2D eigenvalue weighted by Gasteiger charge is -2.22. The van der Waals surface area contributed by atoms with Crippen molar-refractivity contribution in [2.24, 2.45) is 0 Å². The fraction of sp³-hybridized carbons (Fsp3) is 0.545. The van der Waals surface area contributed by atoms with Gasteiger partial charge in [0.1, 0.15) is 12.0 Å². The van der Waals surface area contributed by atoms with Crippen molar-refractivity contribution < 1.29 is 9.53 Å². The van der Waals surface area contributed by atoms with E-state index in [1.807, 2.05) is 0 Å². The molecule has 98 valence electrons. The van der Waals surface area contributed by atoms with Crippen molar-refractivity contribution in [2.75, 3.05) is 11.9 Å². The van der Waals surface area contributed by atoms with Gasteiger partial charge in [-0.3, -0.25) is 4.79 Å². The Kier molecular flexibility index (Phi) is 4.74. The average Bonchev–Trinajstić information content (AvgIpc) is 2.35. The highest BCUT2D eigenvalue weighted by molar-refractivity contribution is 6.38. The minimum atomic E-state index is -0.194. The Morgan fingerprint density at radius 3 is 2.72 bits per heavy atom. The zero-order valence-electron chi connectivity index (χ0n) is 9.66. The number of nitrogens with one attached hydrogen (secondary N) is 1. The van der Waals surface area contributed by atoms with Crippen molar-refractivity contribution >= 4 is 34.8 Å². The number of ether oxygens (including phenoxy) is 1. The predicted molar refractivity (Wildman–Crippen MR) is 68.9 cm³/mol. The zero-order chi connectivity index (χ0) is 13.0. The molecule has 1 aliphatic rings. The van der Waals surface area contributed by atoms with E-state index in [1.165, 1.54) is 6.33 Å². The van der Waals surface area contributed by atoms with E-state index in [4.69, 9.17) is 27.9 Å². The third kappa shape index (κ3) is 3.54. The first kappa shape index (κ1) is 13.5. The Labute approximate surface area is 115 Å². The highest BCUT2D eigenvalue weighted by Gasteiger charge is 2.19. The molecular weight excluding hydrogens is 277 g/mol. The first-order valence-electron chi connectivity index (χ1n) is 5.74. The highest BCUT2D eigenvalue weighted by Crippen LogP contribution is 2.26. The van der Waals surface area contributed by atoms with Crippen LogP contribution in [0.1, 0.15) is 25.7 Å². The van der Waals surface area contributed by atoms with Gasteiger partial charge in [-0.15, -0.1) is 0 Å². The van der Waals surface area contributed by atoms with Crippen LogP contribution in [0.4, 0.5) is 5.69 Å². The number of hydrogen-bond donors (Lipinski definition) is 1. The van der Waals surface area contributed by atoms with Crippen molar-refractivity contribution in [3.8, 4) is 0 Å². The van der Waals surface area contributed by atoms with Gasteiger partial charge in [-0.2, -0.15) is 0 Å². The molecule has 2 rings (SSSR count). The summed E-state index contributed by atoms with van der Waals surface area (Å²) >= 11 is 11.7. The molecule has 0 radical (unpaired) electrons. The third-order valence-corrected chi connectivity index (χ3v) is 3.28. The van der Waals surface area contributed by atoms with Gasteiger partial charge in [0.2, 0.25) is 5.91 Å². The number of anilines is 1. The van der Waals surface area contributed by atoms with Gasteiger partial charge >= 0.3 is 0 Å². The van der Waals surface area contributed by atoms with Crippen LogP contribution in [0, 0.1) is 0 Å². The predicted octanol–water partition coefficient (Wildman–Crippen LogP) is 2.68. The fourth-order valence-electron chi connectivity index (χ4n) is 1.81. The van der Waals surface area contributed by atoms with E-state index in [0.29, 0.717) is 13.0 Å². The van der Waals surface area contributed by atoms with E-state index in [9.17, 15) is 4.79 Å². The van der Waals surface area contributed by atoms with Gasteiger partial charge in [0.25, 0.3) is 0 Å². The normalized spacial score (nSPS) is 19.6. The first-order valence-corrected chi connectivity index (χ1v) is 6.50. The van der Waals surface area contributed by atoms with Crippen LogP contribution >= 0.6 is 23.2 Å². The molecule has 7 heteroatoms. The molecule has 0 spiro atoms. The summed E-state index contributed by atoms with van der Waals surface area (Å²) in [6, 6.07) is 0. The van der Waals surface area contributed by atoms with Gasteiger partial charge in [-0.05, 0) is 19.3 Å². The molecule has 5 nitrogen and oxygen atoms in total. The Balaban J connectivity index is 1.94. The Morgan fingerprint density at radius 1 is 1.39 bits per heavy atom. The SMILES string of the molecule is O=C(CC1CCCCO1)Nc1c(Cl)ncnc1Cl. The van der Waals surface area contributed by atoms with E-state index < -0.39 is 0 Å². The van der Waals surface area contributed by atoms with Crippen LogP contribution < -0.4 is 5.32 Å². The number of amides is 1. The maximum Gasteiger partial charge on any atom is 0.227 e. The summed E-state index contributed by atoms with van der Waals surface area (Å²) < 4.78 is 5.49. The number of aromatic nitrogens is 2. The van der Waals surface area contributed by atoms with E-state index in [-0.39, 0.29) is 28.0 Å². The monoisotopic (exact) mass is 289 g/mol. The molecule has 1 aromatic heterocycles. The van der Waals surface area contributed by atoms with Crippen molar-refractivity contribution in [2.45, 2.75) is 31.8 Å². The summed E-state index contributed by atoms with van der Waals surface area (Å²) in [5.41, 5.74) is 0.252. The summed E-state index contributed by atoms with van der Waals surface area (Å²) in [6.07, 6.45) is 4.56. The molecule has 1 N–H and O–H groups in total. The number of rotatable bonds is 3. The lowest BCUT2D eigenvalue weighted by Crippen LogP contribution is -2.25. The second kappa shape index (κ2) is 6.31. The zero-order valence-corrected chi connectivity index (χ0v) is 11.2. The first-order chi connectivity index (χ1) is 8.66. The minimum Gasteiger partial charge on any atom is -0.378 e. The number of hydrogen-bond acceptors (Lipinski definition) is 4. The second-order valence-corrected chi connectivity index (χ2v) is 4.79. The minimum absolute atomic E-state index is 0.0269. The molecule has 18 heavy (non-hydrogen) atoms. The van der Waals surface area contributed by atoms with Gasteiger partial charge in [0, 0.05) is 6.61 Å². The maximum atomic E-state index is 11.8. The standard InChI is InChI=1S/C11H13Cl2N3O2/c12-10-9(11(13)15-6-14-10)16-8(17)5-7-3-1-2-4-18-7/h6-7H,1-5H2,(H,16,17). The molecule has 1 fully saturated rings. The fourth-order valence-corrected chi connectivity index (χ4v) is 2.22. The number of nitrogens with zero attached hydrogens (tertiary/aromatic N) is 2. The van der Waals surface area contributed by atoms with Crippen LogP contribution in [0.2, 0.25) is 10.3 Å². The van der Waals surface area contributed by atoms with Crippen LogP contribution in [0.25, 0.3) is 0 Å². The summed E-state index contributed by atoms with van der Waals surface area (Å²) in [5.74, 6) is -0.194. The van der Waals surface area contributed by atoms with E-state index in [1.54, 1.807) is 0 Å². The number of carbonyl (C=O) groups excluding carboxylic acids is 1. The molecule has 0 aliphatic carbocycles. The van der Waals surface area contributed by atoms with Gasteiger partial charge in [-0.25, -0.2) is 9.97 Å². The van der Waals surface area contributed by atoms with Crippen LogP contribution in [0.5, 0.6) is 0 Å². The van der Waals surface area contributed by atoms with Gasteiger partial charge in [0.15, 0.2) is 10.3 Å². The Bertz CT molecular complexity index is 416. The summed E-state index contributed by atoms with van der Waals surface area (Å²) in [6.45, 7) is 0.716. The molecule has 1 saturated heterocycles. The molecule has 0 aromatic carbocycles. The molecule has 1 unspecified atom stereocenters. The van der Waals surface area contributed by atoms with Gasteiger partial charge < -0.3 is 10.1 Å².